The van der Waals surface area contributed by atoms with Crippen molar-refractivity contribution in [2.75, 3.05) is 11.4 Å². The lowest BCUT2D eigenvalue weighted by Gasteiger charge is -2.13. The molecule has 0 unspecified atom stereocenters. The lowest BCUT2D eigenvalue weighted by molar-refractivity contribution is -0.385. The van der Waals surface area contributed by atoms with Gasteiger partial charge in [0.15, 0.2) is 5.82 Å². The van der Waals surface area contributed by atoms with Gasteiger partial charge in [0.05, 0.1) is 16.7 Å². The van der Waals surface area contributed by atoms with Crippen molar-refractivity contribution in [3.63, 3.8) is 0 Å². The van der Waals surface area contributed by atoms with Crippen LogP contribution in [0.2, 0.25) is 0 Å². The van der Waals surface area contributed by atoms with Crippen molar-refractivity contribution in [2.24, 2.45) is 0 Å². The molecule has 1 aliphatic heterocycles. The van der Waals surface area contributed by atoms with Gasteiger partial charge in [-0.25, -0.2) is 9.18 Å². The molecular weight excluding hydrogens is 233 g/mol. The highest BCUT2D eigenvalue weighted by Gasteiger charge is 2.30. The van der Waals surface area contributed by atoms with Gasteiger partial charge in [-0.2, -0.15) is 0 Å². The summed E-state index contributed by atoms with van der Waals surface area (Å²) < 4.78 is 13.5. The Balaban J connectivity index is 2.37. The number of anilines is 1. The molecule has 1 N–H and O–H groups in total. The molecule has 1 aromatic carbocycles. The van der Waals surface area contributed by atoms with Crippen molar-refractivity contribution in [3.8, 4) is 0 Å². The van der Waals surface area contributed by atoms with Crippen molar-refractivity contribution in [3.05, 3.63) is 34.1 Å². The van der Waals surface area contributed by atoms with Crippen LogP contribution in [-0.4, -0.2) is 23.4 Å². The summed E-state index contributed by atoms with van der Waals surface area (Å²) in [5, 5.41) is 12.4. The van der Waals surface area contributed by atoms with Gasteiger partial charge in [-0.15, -0.1) is 0 Å². The molecule has 1 saturated heterocycles. The summed E-state index contributed by atoms with van der Waals surface area (Å²) >= 11 is 0. The molecule has 1 aliphatic rings. The monoisotopic (exact) mass is 239 g/mol. The van der Waals surface area contributed by atoms with E-state index < -0.39 is 28.4 Å². The number of non-ortho nitro benzene ring substituents is 1. The Morgan fingerprint density at radius 1 is 1.41 bits per heavy atom. The van der Waals surface area contributed by atoms with Gasteiger partial charge in [0, 0.05) is 6.07 Å². The number of urea groups is 1. The van der Waals surface area contributed by atoms with Gasteiger partial charge in [-0.3, -0.25) is 25.1 Å². The minimum atomic E-state index is -0.927. The first kappa shape index (κ1) is 11.0. The third-order valence-corrected chi connectivity index (χ3v) is 2.23. The molecule has 8 heteroatoms. The van der Waals surface area contributed by atoms with Crippen LogP contribution in [-0.2, 0) is 4.79 Å². The number of nitrogens with zero attached hydrogens (tertiary/aromatic N) is 2. The number of imide groups is 1. The molecule has 0 aliphatic carbocycles. The molecule has 88 valence electrons. The second kappa shape index (κ2) is 3.81. The minimum Gasteiger partial charge on any atom is -0.282 e. The number of benzene rings is 1. The molecule has 0 saturated carbocycles. The van der Waals surface area contributed by atoms with Gasteiger partial charge in [0.2, 0.25) is 5.91 Å². The Morgan fingerprint density at radius 2 is 2.12 bits per heavy atom. The van der Waals surface area contributed by atoms with Crippen LogP contribution in [0.3, 0.4) is 0 Å². The fraction of sp³-hybridized carbons (Fsp3) is 0.111. The van der Waals surface area contributed by atoms with Crippen molar-refractivity contribution < 1.29 is 18.9 Å². The maximum absolute atomic E-state index is 13.5. The predicted molar refractivity (Wildman–Crippen MR) is 53.9 cm³/mol. The molecule has 0 radical (unpaired) electrons. The van der Waals surface area contributed by atoms with Gasteiger partial charge in [-0.05, 0) is 6.07 Å². The van der Waals surface area contributed by atoms with Crippen molar-refractivity contribution in [1.29, 1.82) is 0 Å². The first-order valence-corrected chi connectivity index (χ1v) is 4.54. The molecular formula is C9H6FN3O4. The number of amides is 3. The first-order chi connectivity index (χ1) is 7.99. The Labute approximate surface area is 94.0 Å². The normalized spacial score (nSPS) is 15.0. The lowest BCUT2D eigenvalue weighted by atomic mass is 10.2. The van der Waals surface area contributed by atoms with E-state index in [9.17, 15) is 24.1 Å². The number of rotatable bonds is 2. The summed E-state index contributed by atoms with van der Waals surface area (Å²) in [5.74, 6) is -1.48. The van der Waals surface area contributed by atoms with Crippen LogP contribution in [0.5, 0.6) is 0 Å². The van der Waals surface area contributed by atoms with E-state index >= 15 is 0 Å². The molecule has 17 heavy (non-hydrogen) atoms. The fourth-order valence-corrected chi connectivity index (χ4v) is 1.46. The molecule has 3 amide bonds. The zero-order valence-electron chi connectivity index (χ0n) is 8.34. The summed E-state index contributed by atoms with van der Waals surface area (Å²) in [6.45, 7) is -0.298. The van der Waals surface area contributed by atoms with Crippen LogP contribution in [0.4, 0.5) is 20.6 Å². The Morgan fingerprint density at radius 3 is 2.59 bits per heavy atom. The summed E-state index contributed by atoms with van der Waals surface area (Å²) in [6.07, 6.45) is 0. The summed E-state index contributed by atoms with van der Waals surface area (Å²) in [5.41, 5.74) is -0.587. The molecule has 7 nitrogen and oxygen atoms in total. The minimum absolute atomic E-state index is 0.168. The molecule has 0 bridgehead atoms. The van der Waals surface area contributed by atoms with Gasteiger partial charge in [-0.1, -0.05) is 0 Å². The number of carbonyl (C=O) groups is 2. The summed E-state index contributed by atoms with van der Waals surface area (Å²) in [7, 11) is 0. The van der Waals surface area contributed by atoms with Gasteiger partial charge >= 0.3 is 6.03 Å². The number of hydrogen-bond acceptors (Lipinski definition) is 4. The highest BCUT2D eigenvalue weighted by molar-refractivity contribution is 6.12. The van der Waals surface area contributed by atoms with E-state index in [0.717, 1.165) is 17.0 Å². The van der Waals surface area contributed by atoms with Crippen LogP contribution in [0.1, 0.15) is 0 Å². The summed E-state index contributed by atoms with van der Waals surface area (Å²) in [4.78, 5) is 32.7. The Hall–Kier alpha value is -2.51. The van der Waals surface area contributed by atoms with E-state index in [-0.39, 0.29) is 12.2 Å². The smallest absolute Gasteiger partial charge is 0.282 e. The molecule has 0 aromatic heterocycles. The lowest BCUT2D eigenvalue weighted by Crippen LogP contribution is -2.28. The Kier molecular flexibility index (Phi) is 2.47. The zero-order valence-corrected chi connectivity index (χ0v) is 8.34. The van der Waals surface area contributed by atoms with E-state index in [4.69, 9.17) is 0 Å². The highest BCUT2D eigenvalue weighted by Crippen LogP contribution is 2.25. The third kappa shape index (κ3) is 1.92. The van der Waals surface area contributed by atoms with Gasteiger partial charge < -0.3 is 0 Å². The highest BCUT2D eigenvalue weighted by atomic mass is 19.1. The van der Waals surface area contributed by atoms with E-state index in [2.05, 4.69) is 0 Å². The van der Waals surface area contributed by atoms with E-state index in [0.29, 0.717) is 6.07 Å². The second-order valence-corrected chi connectivity index (χ2v) is 3.33. The maximum Gasteiger partial charge on any atom is 0.329 e. The molecule has 2 rings (SSSR count). The number of hydrogen-bond donors (Lipinski definition) is 1. The number of carbonyl (C=O) groups excluding carboxylic acids is 2. The van der Waals surface area contributed by atoms with Crippen LogP contribution >= 0.6 is 0 Å². The van der Waals surface area contributed by atoms with E-state index in [1.54, 1.807) is 0 Å². The Bertz CT molecular complexity index is 531. The van der Waals surface area contributed by atoms with Crippen molar-refractivity contribution in [1.82, 2.24) is 5.32 Å². The quantitative estimate of drug-likeness (QED) is 0.469. The van der Waals surface area contributed by atoms with Crippen LogP contribution in [0.25, 0.3) is 0 Å². The molecule has 1 fully saturated rings. The number of nitrogens with one attached hydrogen (secondary N) is 1. The van der Waals surface area contributed by atoms with E-state index in [1.807, 2.05) is 5.32 Å². The van der Waals surface area contributed by atoms with Crippen LogP contribution in [0.15, 0.2) is 18.2 Å². The zero-order chi connectivity index (χ0) is 12.6. The second-order valence-electron chi connectivity index (χ2n) is 3.33. The third-order valence-electron chi connectivity index (χ3n) is 2.23. The molecule has 0 spiro atoms. The molecule has 1 heterocycles. The fourth-order valence-electron chi connectivity index (χ4n) is 1.46. The standard InChI is InChI=1S/C9H6FN3O4/c10-6-3-5(13(16)17)1-2-7(6)12-4-8(14)11-9(12)15/h1-3H,4H2,(H,11,14,15). The van der Waals surface area contributed by atoms with E-state index in [1.165, 1.54) is 0 Å². The topological polar surface area (TPSA) is 92.6 Å². The summed E-state index contributed by atoms with van der Waals surface area (Å²) in [6, 6.07) is 2.11. The van der Waals surface area contributed by atoms with Gasteiger partial charge in [0.25, 0.3) is 5.69 Å². The van der Waals surface area contributed by atoms with Crippen LogP contribution in [0, 0.1) is 15.9 Å². The largest absolute Gasteiger partial charge is 0.329 e. The maximum atomic E-state index is 13.5. The average molecular weight is 239 g/mol. The predicted octanol–water partition coefficient (Wildman–Crippen LogP) is 0.790. The molecule has 0 atom stereocenters. The number of halogens is 1. The number of nitro groups is 1. The molecule has 1 aromatic rings. The van der Waals surface area contributed by atoms with Crippen molar-refractivity contribution in [2.45, 2.75) is 0 Å². The number of nitro benzene ring substituents is 1. The average Bonchev–Trinajstić information content (AvgIpc) is 2.57. The van der Waals surface area contributed by atoms with Crippen molar-refractivity contribution >= 4 is 23.3 Å². The van der Waals surface area contributed by atoms with Crippen LogP contribution < -0.4 is 10.2 Å². The first-order valence-electron chi connectivity index (χ1n) is 4.54. The SMILES string of the molecule is O=C1CN(c2ccc([N+](=O)[O-])cc2F)C(=O)N1. The van der Waals surface area contributed by atoms with Gasteiger partial charge in [0.1, 0.15) is 6.54 Å².